The molecule has 2 rings (SSSR count). The Balaban J connectivity index is 2.23. The number of pyridine rings is 1. The fraction of sp³-hybridized carbons (Fsp3) is 0.154. The smallest absolute Gasteiger partial charge is 0.313 e. The summed E-state index contributed by atoms with van der Waals surface area (Å²) in [5.41, 5.74) is 1.09. The summed E-state index contributed by atoms with van der Waals surface area (Å²) in [6.45, 7) is 1.73. The maximum atomic E-state index is 11.0. The maximum absolute atomic E-state index is 11.0. The Morgan fingerprint density at radius 1 is 1.30 bits per heavy atom. The quantitative estimate of drug-likeness (QED) is 0.482. The van der Waals surface area contributed by atoms with Crippen LogP contribution in [0.15, 0.2) is 30.3 Å². The van der Waals surface area contributed by atoms with E-state index in [1.165, 1.54) is 0 Å². The largest absolute Gasteiger partial charge is 0.482 e. The minimum absolute atomic E-state index is 0.0504. The average Bonchev–Trinajstić information content (AvgIpc) is 2.37. The number of nitrogens with zero attached hydrogens (tertiary/aromatic N) is 2. The molecule has 20 heavy (non-hydrogen) atoms. The first-order chi connectivity index (χ1) is 9.49. The number of rotatable bonds is 4. The van der Waals surface area contributed by atoms with E-state index in [1.54, 1.807) is 37.3 Å². The number of halogens is 2. The van der Waals surface area contributed by atoms with Gasteiger partial charge < -0.3 is 4.74 Å². The first-order valence-electron chi connectivity index (χ1n) is 5.66. The predicted molar refractivity (Wildman–Crippen MR) is 76.4 cm³/mol. The molecule has 0 radical (unpaired) electrons. The van der Waals surface area contributed by atoms with Crippen LogP contribution in [0.1, 0.15) is 11.1 Å². The molecule has 1 aromatic carbocycles. The van der Waals surface area contributed by atoms with Crippen LogP contribution in [0.5, 0.6) is 5.75 Å². The van der Waals surface area contributed by atoms with Crippen molar-refractivity contribution in [1.29, 1.82) is 0 Å². The SMILES string of the molecule is Cc1cccc(OCc2ccc(Cl)nc2Cl)c1[N+](=O)[O-]. The number of para-hydroxylation sites is 1. The topological polar surface area (TPSA) is 65.3 Å². The van der Waals surface area contributed by atoms with Crippen molar-refractivity contribution >= 4 is 28.9 Å². The number of nitro groups is 1. The number of ether oxygens (including phenoxy) is 1. The molecule has 5 nitrogen and oxygen atoms in total. The molecule has 0 fully saturated rings. The van der Waals surface area contributed by atoms with E-state index in [0.717, 1.165) is 0 Å². The summed E-state index contributed by atoms with van der Waals surface area (Å²) >= 11 is 11.6. The summed E-state index contributed by atoms with van der Waals surface area (Å²) in [5.74, 6) is 0.195. The first-order valence-corrected chi connectivity index (χ1v) is 6.42. The van der Waals surface area contributed by atoms with Gasteiger partial charge in [-0.15, -0.1) is 0 Å². The highest BCUT2D eigenvalue weighted by Gasteiger charge is 2.18. The molecule has 1 heterocycles. The third kappa shape index (κ3) is 3.18. The number of aromatic nitrogens is 1. The van der Waals surface area contributed by atoms with Crippen molar-refractivity contribution in [2.75, 3.05) is 0 Å². The monoisotopic (exact) mass is 312 g/mol. The highest BCUT2D eigenvalue weighted by atomic mass is 35.5. The van der Waals surface area contributed by atoms with Crippen molar-refractivity contribution < 1.29 is 9.66 Å². The van der Waals surface area contributed by atoms with Gasteiger partial charge in [-0.3, -0.25) is 10.1 Å². The average molecular weight is 313 g/mol. The van der Waals surface area contributed by atoms with Gasteiger partial charge in [-0.05, 0) is 25.1 Å². The van der Waals surface area contributed by atoms with Crippen LogP contribution in [0, 0.1) is 17.0 Å². The Hall–Kier alpha value is -1.85. The van der Waals surface area contributed by atoms with Crippen molar-refractivity contribution in [2.24, 2.45) is 0 Å². The third-order valence-corrected chi connectivity index (χ3v) is 3.20. The van der Waals surface area contributed by atoms with Gasteiger partial charge in [-0.25, -0.2) is 4.98 Å². The summed E-state index contributed by atoms with van der Waals surface area (Å²) < 4.78 is 5.48. The molecular formula is C13H10Cl2N2O3. The van der Waals surface area contributed by atoms with Crippen molar-refractivity contribution in [3.8, 4) is 5.75 Å². The van der Waals surface area contributed by atoms with E-state index in [0.29, 0.717) is 11.1 Å². The molecule has 0 spiro atoms. The minimum Gasteiger partial charge on any atom is -0.482 e. The van der Waals surface area contributed by atoms with Crippen molar-refractivity contribution in [3.63, 3.8) is 0 Å². The van der Waals surface area contributed by atoms with Gasteiger partial charge in [-0.1, -0.05) is 35.3 Å². The van der Waals surface area contributed by atoms with Crippen molar-refractivity contribution in [3.05, 3.63) is 61.9 Å². The lowest BCUT2D eigenvalue weighted by molar-refractivity contribution is -0.386. The van der Waals surface area contributed by atoms with Crippen LogP contribution in [-0.2, 0) is 6.61 Å². The third-order valence-electron chi connectivity index (χ3n) is 2.66. The normalized spacial score (nSPS) is 10.3. The van der Waals surface area contributed by atoms with Crippen LogP contribution < -0.4 is 4.74 Å². The molecule has 0 saturated carbocycles. The summed E-state index contributed by atoms with van der Waals surface area (Å²) in [6.07, 6.45) is 0. The summed E-state index contributed by atoms with van der Waals surface area (Å²) in [4.78, 5) is 14.4. The second-order valence-corrected chi connectivity index (χ2v) is 4.80. The first kappa shape index (κ1) is 14.6. The van der Waals surface area contributed by atoms with E-state index in [9.17, 15) is 10.1 Å². The molecular weight excluding hydrogens is 303 g/mol. The van der Waals surface area contributed by atoms with Crippen LogP contribution in [0.4, 0.5) is 5.69 Å². The second kappa shape index (κ2) is 6.07. The van der Waals surface area contributed by atoms with Gasteiger partial charge in [0.05, 0.1) is 4.92 Å². The summed E-state index contributed by atoms with van der Waals surface area (Å²) in [7, 11) is 0. The maximum Gasteiger partial charge on any atom is 0.313 e. The summed E-state index contributed by atoms with van der Waals surface area (Å²) in [5, 5.41) is 11.5. The zero-order valence-corrected chi connectivity index (χ0v) is 12.0. The molecule has 2 aromatic rings. The van der Waals surface area contributed by atoms with E-state index in [-0.39, 0.29) is 28.3 Å². The number of benzene rings is 1. The van der Waals surface area contributed by atoms with Crippen LogP contribution >= 0.6 is 23.2 Å². The van der Waals surface area contributed by atoms with Crippen LogP contribution in [0.2, 0.25) is 10.3 Å². The Kier molecular flexibility index (Phi) is 4.42. The van der Waals surface area contributed by atoms with Gasteiger partial charge >= 0.3 is 5.69 Å². The molecule has 0 bridgehead atoms. The van der Waals surface area contributed by atoms with Crippen LogP contribution in [-0.4, -0.2) is 9.91 Å². The number of aryl methyl sites for hydroxylation is 1. The van der Waals surface area contributed by atoms with Gasteiger partial charge in [0, 0.05) is 11.1 Å². The fourth-order valence-corrected chi connectivity index (χ4v) is 2.09. The second-order valence-electron chi connectivity index (χ2n) is 4.05. The van der Waals surface area contributed by atoms with Gasteiger partial charge in [0.15, 0.2) is 5.75 Å². The Morgan fingerprint density at radius 2 is 2.05 bits per heavy atom. The molecule has 0 aliphatic heterocycles. The van der Waals surface area contributed by atoms with Crippen molar-refractivity contribution in [1.82, 2.24) is 4.98 Å². The van der Waals surface area contributed by atoms with E-state index in [1.807, 2.05) is 0 Å². The van der Waals surface area contributed by atoms with Crippen LogP contribution in [0.3, 0.4) is 0 Å². The molecule has 0 aliphatic carbocycles. The molecule has 7 heteroatoms. The number of hydrogen-bond acceptors (Lipinski definition) is 4. The Bertz CT molecular complexity index is 662. The zero-order chi connectivity index (χ0) is 14.7. The molecule has 1 aromatic heterocycles. The lowest BCUT2D eigenvalue weighted by Gasteiger charge is -2.09. The Morgan fingerprint density at radius 3 is 2.70 bits per heavy atom. The van der Waals surface area contributed by atoms with Crippen LogP contribution in [0.25, 0.3) is 0 Å². The van der Waals surface area contributed by atoms with Gasteiger partial charge in [0.25, 0.3) is 0 Å². The van der Waals surface area contributed by atoms with Gasteiger partial charge in [0.1, 0.15) is 16.9 Å². The van der Waals surface area contributed by atoms with Gasteiger partial charge in [0.2, 0.25) is 0 Å². The number of hydrogen-bond donors (Lipinski definition) is 0. The zero-order valence-electron chi connectivity index (χ0n) is 10.5. The lowest BCUT2D eigenvalue weighted by atomic mass is 10.2. The minimum atomic E-state index is -0.466. The van der Waals surface area contributed by atoms with Crippen molar-refractivity contribution in [2.45, 2.75) is 13.5 Å². The highest BCUT2D eigenvalue weighted by Crippen LogP contribution is 2.31. The standard InChI is InChI=1S/C13H10Cl2N2O3/c1-8-3-2-4-10(12(8)17(18)19)20-7-9-5-6-11(14)16-13(9)15/h2-6H,7H2,1H3. The molecule has 0 aliphatic rings. The molecule has 0 unspecified atom stereocenters. The van der Waals surface area contributed by atoms with E-state index in [4.69, 9.17) is 27.9 Å². The van der Waals surface area contributed by atoms with E-state index in [2.05, 4.69) is 4.98 Å². The van der Waals surface area contributed by atoms with Gasteiger partial charge in [-0.2, -0.15) is 0 Å². The van der Waals surface area contributed by atoms with E-state index < -0.39 is 4.92 Å². The Labute approximate surface area is 125 Å². The van der Waals surface area contributed by atoms with E-state index >= 15 is 0 Å². The molecule has 0 atom stereocenters. The fourth-order valence-electron chi connectivity index (χ4n) is 1.69. The molecule has 0 amide bonds. The molecule has 0 saturated heterocycles. The predicted octanol–water partition coefficient (Wildman–Crippen LogP) is 4.18. The molecule has 104 valence electrons. The summed E-state index contributed by atoms with van der Waals surface area (Å²) in [6, 6.07) is 8.14. The highest BCUT2D eigenvalue weighted by molar-refractivity contribution is 6.32. The molecule has 0 N–H and O–H groups in total. The lowest BCUT2D eigenvalue weighted by Crippen LogP contribution is -2.01. The number of nitro benzene ring substituents is 1.